The highest BCUT2D eigenvalue weighted by molar-refractivity contribution is 5.38. The maximum Gasteiger partial charge on any atom is 0.176 e. The fourth-order valence-electron chi connectivity index (χ4n) is 2.03. The van der Waals surface area contributed by atoms with E-state index in [9.17, 15) is 0 Å². The summed E-state index contributed by atoms with van der Waals surface area (Å²) in [6.45, 7) is 2.03. The van der Waals surface area contributed by atoms with Crippen LogP contribution >= 0.6 is 0 Å². The maximum atomic E-state index is 5.36. The van der Waals surface area contributed by atoms with Crippen molar-refractivity contribution in [2.45, 2.75) is 19.4 Å². The Morgan fingerprint density at radius 1 is 1.42 bits per heavy atom. The molecule has 0 fully saturated rings. The standard InChI is InChI=1S/C13H19N5O/c1-9-5-6-10(7-12(9)19-4)11(14-2)8-13-15-17-18(3)16-13/h5-7,11,14H,8H2,1-4H3. The number of likely N-dealkylation sites (N-methyl/N-ethyl adjacent to an activating group) is 1. The quantitative estimate of drug-likeness (QED) is 0.871. The SMILES string of the molecule is CNC(Cc1nnn(C)n1)c1ccc(C)c(OC)c1. The van der Waals surface area contributed by atoms with Crippen molar-refractivity contribution in [2.75, 3.05) is 14.2 Å². The minimum atomic E-state index is 0.138. The Morgan fingerprint density at radius 2 is 2.21 bits per heavy atom. The highest BCUT2D eigenvalue weighted by atomic mass is 16.5. The molecule has 0 amide bonds. The zero-order valence-corrected chi connectivity index (χ0v) is 11.7. The summed E-state index contributed by atoms with van der Waals surface area (Å²) in [6.07, 6.45) is 0.691. The van der Waals surface area contributed by atoms with Gasteiger partial charge in [0.15, 0.2) is 5.82 Å². The highest BCUT2D eigenvalue weighted by Gasteiger charge is 2.14. The Bertz CT molecular complexity index is 552. The molecule has 0 bridgehead atoms. The summed E-state index contributed by atoms with van der Waals surface area (Å²) in [5, 5.41) is 15.3. The van der Waals surface area contributed by atoms with Crippen LogP contribution in [0.25, 0.3) is 0 Å². The summed E-state index contributed by atoms with van der Waals surface area (Å²) in [5.74, 6) is 1.62. The number of methoxy groups -OCH3 is 1. The molecule has 2 aromatic rings. The van der Waals surface area contributed by atoms with Crippen molar-refractivity contribution in [3.05, 3.63) is 35.2 Å². The summed E-state index contributed by atoms with van der Waals surface area (Å²) in [5.41, 5.74) is 2.27. The largest absolute Gasteiger partial charge is 0.496 e. The van der Waals surface area contributed by atoms with Crippen LogP contribution in [0.3, 0.4) is 0 Å². The number of benzene rings is 1. The van der Waals surface area contributed by atoms with Crippen LogP contribution in [0.1, 0.15) is 23.0 Å². The van der Waals surface area contributed by atoms with Crippen molar-refractivity contribution < 1.29 is 4.74 Å². The lowest BCUT2D eigenvalue weighted by atomic mass is 10.0. The molecule has 1 unspecified atom stereocenters. The van der Waals surface area contributed by atoms with Gasteiger partial charge in [-0.05, 0) is 36.4 Å². The topological polar surface area (TPSA) is 64.9 Å². The number of rotatable bonds is 5. The second-order valence-corrected chi connectivity index (χ2v) is 4.47. The second kappa shape index (κ2) is 5.79. The number of tetrazole rings is 1. The molecular formula is C13H19N5O. The molecule has 1 N–H and O–H groups in total. The van der Waals surface area contributed by atoms with Crippen molar-refractivity contribution in [2.24, 2.45) is 7.05 Å². The van der Waals surface area contributed by atoms with E-state index in [0.29, 0.717) is 6.42 Å². The molecule has 6 nitrogen and oxygen atoms in total. The number of hydrogen-bond donors (Lipinski definition) is 1. The van der Waals surface area contributed by atoms with Gasteiger partial charge in [-0.15, -0.1) is 10.2 Å². The first kappa shape index (κ1) is 13.5. The summed E-state index contributed by atoms with van der Waals surface area (Å²) in [6, 6.07) is 6.34. The van der Waals surface area contributed by atoms with Gasteiger partial charge in [0.25, 0.3) is 0 Å². The molecule has 1 aromatic carbocycles. The maximum absolute atomic E-state index is 5.36. The summed E-state index contributed by atoms with van der Waals surface area (Å²) >= 11 is 0. The van der Waals surface area contributed by atoms with Gasteiger partial charge in [0, 0.05) is 12.5 Å². The monoisotopic (exact) mass is 261 g/mol. The van der Waals surface area contributed by atoms with Gasteiger partial charge in [0.05, 0.1) is 14.2 Å². The molecule has 1 atom stereocenters. The molecule has 102 valence electrons. The van der Waals surface area contributed by atoms with E-state index in [-0.39, 0.29) is 6.04 Å². The van der Waals surface area contributed by atoms with Gasteiger partial charge in [-0.3, -0.25) is 0 Å². The lowest BCUT2D eigenvalue weighted by molar-refractivity contribution is 0.410. The van der Waals surface area contributed by atoms with Crippen LogP contribution in [-0.2, 0) is 13.5 Å². The number of nitrogens with zero attached hydrogens (tertiary/aromatic N) is 4. The summed E-state index contributed by atoms with van der Waals surface area (Å²) in [4.78, 5) is 1.47. The lowest BCUT2D eigenvalue weighted by Gasteiger charge is -2.16. The third-order valence-corrected chi connectivity index (χ3v) is 3.12. The minimum Gasteiger partial charge on any atom is -0.496 e. The fourth-order valence-corrected chi connectivity index (χ4v) is 2.03. The van der Waals surface area contributed by atoms with Crippen molar-refractivity contribution in [3.63, 3.8) is 0 Å². The van der Waals surface area contributed by atoms with Crippen LogP contribution in [0, 0.1) is 6.92 Å². The summed E-state index contributed by atoms with van der Waals surface area (Å²) in [7, 11) is 5.37. The van der Waals surface area contributed by atoms with Gasteiger partial charge in [-0.1, -0.05) is 12.1 Å². The molecule has 0 aliphatic heterocycles. The molecular weight excluding hydrogens is 242 g/mol. The third kappa shape index (κ3) is 3.08. The molecule has 0 aliphatic carbocycles. The highest BCUT2D eigenvalue weighted by Crippen LogP contribution is 2.24. The van der Waals surface area contributed by atoms with Crippen LogP contribution in [0.4, 0.5) is 0 Å². The Kier molecular flexibility index (Phi) is 4.11. The molecule has 2 rings (SSSR count). The van der Waals surface area contributed by atoms with Gasteiger partial charge >= 0.3 is 0 Å². The molecule has 0 spiro atoms. The second-order valence-electron chi connectivity index (χ2n) is 4.47. The van der Waals surface area contributed by atoms with Gasteiger partial charge in [0.2, 0.25) is 0 Å². The molecule has 6 heteroatoms. The van der Waals surface area contributed by atoms with Crippen molar-refractivity contribution in [1.82, 2.24) is 25.5 Å². The molecule has 0 aliphatic rings. The normalized spacial score (nSPS) is 12.4. The fraction of sp³-hybridized carbons (Fsp3) is 0.462. The van der Waals surface area contributed by atoms with E-state index in [2.05, 4.69) is 32.9 Å². The van der Waals surface area contributed by atoms with E-state index in [1.807, 2.05) is 20.0 Å². The molecule has 19 heavy (non-hydrogen) atoms. The zero-order chi connectivity index (χ0) is 13.8. The van der Waals surface area contributed by atoms with Crippen molar-refractivity contribution in [3.8, 4) is 5.75 Å². The number of aromatic nitrogens is 4. The first-order valence-corrected chi connectivity index (χ1v) is 6.18. The first-order valence-electron chi connectivity index (χ1n) is 6.18. The van der Waals surface area contributed by atoms with E-state index in [1.165, 1.54) is 4.80 Å². The van der Waals surface area contributed by atoms with Gasteiger partial charge in [-0.2, -0.15) is 4.80 Å². The molecule has 0 saturated heterocycles. The van der Waals surface area contributed by atoms with E-state index in [4.69, 9.17) is 4.74 Å². The first-order chi connectivity index (χ1) is 9.13. The van der Waals surface area contributed by atoms with E-state index >= 15 is 0 Å². The van der Waals surface area contributed by atoms with Gasteiger partial charge in [0.1, 0.15) is 5.75 Å². The predicted molar refractivity (Wildman–Crippen MR) is 72.0 cm³/mol. The molecule has 0 radical (unpaired) electrons. The lowest BCUT2D eigenvalue weighted by Crippen LogP contribution is -2.19. The zero-order valence-electron chi connectivity index (χ0n) is 11.7. The number of ether oxygens (including phenoxy) is 1. The Morgan fingerprint density at radius 3 is 2.79 bits per heavy atom. The smallest absolute Gasteiger partial charge is 0.176 e. The van der Waals surface area contributed by atoms with Crippen LogP contribution in [0.5, 0.6) is 5.75 Å². The summed E-state index contributed by atoms with van der Waals surface area (Å²) < 4.78 is 5.36. The van der Waals surface area contributed by atoms with E-state index < -0.39 is 0 Å². The number of hydrogen-bond acceptors (Lipinski definition) is 5. The third-order valence-electron chi connectivity index (χ3n) is 3.12. The van der Waals surface area contributed by atoms with Crippen molar-refractivity contribution >= 4 is 0 Å². The van der Waals surface area contributed by atoms with E-state index in [0.717, 1.165) is 22.7 Å². The average Bonchev–Trinajstić information content (AvgIpc) is 2.82. The Hall–Kier alpha value is -1.95. The average molecular weight is 261 g/mol. The van der Waals surface area contributed by atoms with E-state index in [1.54, 1.807) is 14.2 Å². The minimum absolute atomic E-state index is 0.138. The Labute approximate surface area is 112 Å². The molecule has 1 aromatic heterocycles. The Balaban J connectivity index is 2.21. The van der Waals surface area contributed by atoms with Crippen molar-refractivity contribution in [1.29, 1.82) is 0 Å². The van der Waals surface area contributed by atoms with Gasteiger partial charge in [-0.25, -0.2) is 0 Å². The van der Waals surface area contributed by atoms with Crippen LogP contribution in [0.2, 0.25) is 0 Å². The number of nitrogens with one attached hydrogen (secondary N) is 1. The van der Waals surface area contributed by atoms with Crippen LogP contribution in [-0.4, -0.2) is 34.4 Å². The predicted octanol–water partition coefficient (Wildman–Crippen LogP) is 1.03. The molecule has 1 heterocycles. The molecule has 0 saturated carbocycles. The number of aryl methyl sites for hydroxylation is 2. The van der Waals surface area contributed by atoms with Crippen LogP contribution in [0.15, 0.2) is 18.2 Å². The van der Waals surface area contributed by atoms with Crippen LogP contribution < -0.4 is 10.1 Å². The van der Waals surface area contributed by atoms with Gasteiger partial charge < -0.3 is 10.1 Å².